The van der Waals surface area contributed by atoms with Gasteiger partial charge in [0.15, 0.2) is 16.3 Å². The van der Waals surface area contributed by atoms with Crippen LogP contribution >= 0.6 is 33.9 Å². The minimum atomic E-state index is -0.764. The molecule has 0 bridgehead atoms. The maximum Gasteiger partial charge on any atom is 0.338 e. The summed E-state index contributed by atoms with van der Waals surface area (Å²) in [4.78, 5) is 32.1. The summed E-state index contributed by atoms with van der Waals surface area (Å²) in [5.41, 5.74) is 1.86. The molecular formula is C27H27IN2O6S. The topological polar surface area (TPSA) is 99.4 Å². The number of benzene rings is 2. The van der Waals surface area contributed by atoms with Crippen LogP contribution in [0.5, 0.6) is 17.2 Å². The molecule has 0 saturated carbocycles. The number of carbonyl (C=O) groups is 1. The number of hydrogen-bond donors (Lipinski definition) is 1. The lowest BCUT2D eigenvalue weighted by atomic mass is 9.95. The third-order valence-electron chi connectivity index (χ3n) is 5.76. The van der Waals surface area contributed by atoms with Gasteiger partial charge in [-0.1, -0.05) is 36.5 Å². The van der Waals surface area contributed by atoms with Gasteiger partial charge < -0.3 is 19.3 Å². The summed E-state index contributed by atoms with van der Waals surface area (Å²) in [6.45, 7) is 6.20. The Morgan fingerprint density at radius 3 is 2.70 bits per heavy atom. The Balaban J connectivity index is 1.97. The Bertz CT molecular complexity index is 1560. The van der Waals surface area contributed by atoms with E-state index in [1.807, 2.05) is 53.8 Å². The smallest absolute Gasteiger partial charge is 0.338 e. The Morgan fingerprint density at radius 1 is 1.24 bits per heavy atom. The van der Waals surface area contributed by atoms with Crippen LogP contribution in [0.25, 0.3) is 6.08 Å². The number of methoxy groups -OCH3 is 1. The quantitative estimate of drug-likeness (QED) is 0.298. The molecule has 0 spiro atoms. The summed E-state index contributed by atoms with van der Waals surface area (Å²) in [6.07, 6.45) is 2.54. The number of phenolic OH excluding ortho intramolecular Hbond substituents is 1. The standard InChI is InChI=1S/C27H27IN2O6S/c1-5-11-36-19-10-8-7-9-17(19)23-22(26(33)35-6-2)15(3)29-27-30(23)25(32)21(37-27)14-16-12-18(28)24(31)20(13-16)34-4/h7-10,12-14,23,31H,5-6,11H2,1-4H3/t23-/m0/s1. The molecule has 0 fully saturated rings. The molecule has 4 rings (SSSR count). The first-order valence-corrected chi connectivity index (χ1v) is 13.7. The third-order valence-corrected chi connectivity index (χ3v) is 7.57. The fourth-order valence-electron chi connectivity index (χ4n) is 4.12. The number of ether oxygens (including phenoxy) is 3. The summed E-state index contributed by atoms with van der Waals surface area (Å²) in [7, 11) is 1.47. The fourth-order valence-corrected chi connectivity index (χ4v) is 5.79. The summed E-state index contributed by atoms with van der Waals surface area (Å²) in [5.74, 6) is 0.427. The Kier molecular flexibility index (Phi) is 8.38. The van der Waals surface area contributed by atoms with Gasteiger partial charge in [0.25, 0.3) is 5.56 Å². The van der Waals surface area contributed by atoms with E-state index in [-0.39, 0.29) is 17.9 Å². The molecule has 0 saturated heterocycles. The van der Waals surface area contributed by atoms with E-state index in [1.165, 1.54) is 23.0 Å². The Hall–Kier alpha value is -3.12. The monoisotopic (exact) mass is 634 g/mol. The zero-order valence-corrected chi connectivity index (χ0v) is 23.9. The van der Waals surface area contributed by atoms with Crippen LogP contribution < -0.4 is 24.4 Å². The van der Waals surface area contributed by atoms with Crippen LogP contribution in [0.15, 0.2) is 57.5 Å². The van der Waals surface area contributed by atoms with Crippen molar-refractivity contribution in [2.24, 2.45) is 4.99 Å². The molecule has 1 N–H and O–H groups in total. The van der Waals surface area contributed by atoms with Crippen LogP contribution in [0.4, 0.5) is 0 Å². The summed E-state index contributed by atoms with van der Waals surface area (Å²) in [6, 6.07) is 10.1. The van der Waals surface area contributed by atoms with Crippen molar-refractivity contribution in [2.75, 3.05) is 20.3 Å². The number of para-hydroxylation sites is 1. The maximum atomic E-state index is 13.9. The normalized spacial score (nSPS) is 15.3. The second kappa shape index (κ2) is 11.5. The van der Waals surface area contributed by atoms with Crippen LogP contribution in [-0.2, 0) is 9.53 Å². The lowest BCUT2D eigenvalue weighted by Gasteiger charge is -2.26. The number of nitrogens with zero attached hydrogens (tertiary/aromatic N) is 2. The molecule has 1 atom stereocenters. The number of allylic oxidation sites excluding steroid dienone is 1. The largest absolute Gasteiger partial charge is 0.504 e. The number of fused-ring (bicyclic) bond motifs is 1. The van der Waals surface area contributed by atoms with E-state index in [2.05, 4.69) is 4.99 Å². The van der Waals surface area contributed by atoms with Crippen LogP contribution in [-0.4, -0.2) is 36.0 Å². The van der Waals surface area contributed by atoms with Crippen molar-refractivity contribution in [3.63, 3.8) is 0 Å². The number of hydrogen-bond acceptors (Lipinski definition) is 8. The number of aromatic nitrogens is 1. The molecule has 3 aromatic rings. The van der Waals surface area contributed by atoms with E-state index < -0.39 is 12.0 Å². The van der Waals surface area contributed by atoms with Crippen molar-refractivity contribution < 1.29 is 24.1 Å². The first-order chi connectivity index (χ1) is 17.8. The van der Waals surface area contributed by atoms with E-state index in [4.69, 9.17) is 14.2 Å². The maximum absolute atomic E-state index is 13.9. The molecule has 1 aliphatic rings. The molecule has 0 aliphatic carbocycles. The highest BCUT2D eigenvalue weighted by Gasteiger charge is 2.35. The SMILES string of the molecule is CCCOc1ccccc1[C@H]1C(C(=O)OCC)=C(C)N=c2sc(=Cc3cc(I)c(O)c(OC)c3)c(=O)n21. The molecular weight excluding hydrogens is 607 g/mol. The van der Waals surface area contributed by atoms with Crippen LogP contribution in [0.2, 0.25) is 0 Å². The van der Waals surface area contributed by atoms with Crippen LogP contribution in [0, 0.1) is 3.57 Å². The second-order valence-corrected chi connectivity index (χ2v) is 10.4. The van der Waals surface area contributed by atoms with Gasteiger partial charge in [0.05, 0.1) is 39.7 Å². The predicted molar refractivity (Wildman–Crippen MR) is 150 cm³/mol. The minimum Gasteiger partial charge on any atom is -0.504 e. The van der Waals surface area contributed by atoms with E-state index in [9.17, 15) is 14.7 Å². The van der Waals surface area contributed by atoms with Gasteiger partial charge in [-0.25, -0.2) is 9.79 Å². The van der Waals surface area contributed by atoms with E-state index >= 15 is 0 Å². The molecule has 0 amide bonds. The van der Waals surface area contributed by atoms with Gasteiger partial charge in [-0.15, -0.1) is 0 Å². The van der Waals surface area contributed by atoms with Gasteiger partial charge in [0.2, 0.25) is 0 Å². The Morgan fingerprint density at radius 2 is 2.00 bits per heavy atom. The number of halogens is 1. The highest BCUT2D eigenvalue weighted by Crippen LogP contribution is 2.36. The molecule has 1 aromatic heterocycles. The number of aromatic hydroxyl groups is 1. The highest BCUT2D eigenvalue weighted by atomic mass is 127. The number of carbonyl (C=O) groups excluding carboxylic acids is 1. The van der Waals surface area contributed by atoms with Crippen molar-refractivity contribution in [3.8, 4) is 17.2 Å². The highest BCUT2D eigenvalue weighted by molar-refractivity contribution is 14.1. The van der Waals surface area contributed by atoms with E-state index in [0.717, 1.165) is 6.42 Å². The average Bonchev–Trinajstić information content (AvgIpc) is 3.18. The average molecular weight is 634 g/mol. The molecule has 10 heteroatoms. The molecule has 8 nitrogen and oxygen atoms in total. The third kappa shape index (κ3) is 5.30. The fraction of sp³-hybridized carbons (Fsp3) is 0.296. The molecule has 0 radical (unpaired) electrons. The number of phenols is 1. The molecule has 37 heavy (non-hydrogen) atoms. The first kappa shape index (κ1) is 26.9. The zero-order chi connectivity index (χ0) is 26.7. The number of esters is 1. The van der Waals surface area contributed by atoms with E-state index in [1.54, 1.807) is 32.1 Å². The summed E-state index contributed by atoms with van der Waals surface area (Å²) < 4.78 is 19.2. The molecule has 0 unspecified atom stereocenters. The Labute approximate surface area is 231 Å². The van der Waals surface area contributed by atoms with Gasteiger partial charge >= 0.3 is 5.97 Å². The van der Waals surface area contributed by atoms with Crippen LogP contribution in [0.1, 0.15) is 44.4 Å². The van der Waals surface area contributed by atoms with Crippen molar-refractivity contribution in [3.05, 3.63) is 82.1 Å². The molecule has 1 aliphatic heterocycles. The molecule has 2 aromatic carbocycles. The number of rotatable bonds is 8. The van der Waals surface area contributed by atoms with Crippen molar-refractivity contribution in [1.82, 2.24) is 4.57 Å². The van der Waals surface area contributed by atoms with Crippen molar-refractivity contribution in [2.45, 2.75) is 33.2 Å². The first-order valence-electron chi connectivity index (χ1n) is 11.8. The number of thiazole rings is 1. The summed E-state index contributed by atoms with van der Waals surface area (Å²) >= 11 is 3.24. The van der Waals surface area contributed by atoms with Gasteiger partial charge in [-0.3, -0.25) is 9.36 Å². The van der Waals surface area contributed by atoms with Gasteiger partial charge in [0, 0.05) is 5.56 Å². The van der Waals surface area contributed by atoms with Crippen molar-refractivity contribution >= 4 is 46.0 Å². The van der Waals surface area contributed by atoms with Crippen LogP contribution in [0.3, 0.4) is 0 Å². The van der Waals surface area contributed by atoms with Gasteiger partial charge in [-0.05, 0) is 72.7 Å². The molecule has 194 valence electrons. The second-order valence-electron chi connectivity index (χ2n) is 8.24. The van der Waals surface area contributed by atoms with Gasteiger partial charge in [-0.2, -0.15) is 0 Å². The van der Waals surface area contributed by atoms with Crippen molar-refractivity contribution in [1.29, 1.82) is 0 Å². The minimum absolute atomic E-state index is 0.0418. The summed E-state index contributed by atoms with van der Waals surface area (Å²) in [5, 5.41) is 10.2. The molecule has 2 heterocycles. The lowest BCUT2D eigenvalue weighted by Crippen LogP contribution is -2.40. The van der Waals surface area contributed by atoms with Gasteiger partial charge in [0.1, 0.15) is 11.8 Å². The predicted octanol–water partition coefficient (Wildman–Crippen LogP) is 3.91. The lowest BCUT2D eigenvalue weighted by molar-refractivity contribution is -0.139. The van der Waals surface area contributed by atoms with E-state index in [0.29, 0.717) is 53.4 Å². The zero-order valence-electron chi connectivity index (χ0n) is 20.9.